The summed E-state index contributed by atoms with van der Waals surface area (Å²) in [7, 11) is 0. The highest BCUT2D eigenvalue weighted by molar-refractivity contribution is 5.84. The van der Waals surface area contributed by atoms with Crippen LogP contribution in [0.1, 0.15) is 36.2 Å². The minimum Gasteiger partial charge on any atom is -0.318 e. The molecule has 6 nitrogen and oxygen atoms in total. The molecule has 0 radical (unpaired) electrons. The van der Waals surface area contributed by atoms with Crippen LogP contribution in [0.2, 0.25) is 0 Å². The summed E-state index contributed by atoms with van der Waals surface area (Å²) in [6, 6.07) is 27.5. The lowest BCUT2D eigenvalue weighted by molar-refractivity contribution is -0.129. The molecule has 0 fully saturated rings. The van der Waals surface area contributed by atoms with Crippen LogP contribution in [0.15, 0.2) is 84.9 Å². The summed E-state index contributed by atoms with van der Waals surface area (Å²) in [4.78, 5) is 29.9. The number of hydrogen-bond acceptors (Lipinski definition) is 3. The number of aryl methyl sites for hydroxylation is 1. The molecule has 0 saturated carbocycles. The summed E-state index contributed by atoms with van der Waals surface area (Å²) in [5.41, 5.74) is 9.00. The molecule has 6 heteroatoms. The minimum absolute atomic E-state index is 0.0881. The monoisotopic (exact) mass is 426 g/mol. The predicted molar refractivity (Wildman–Crippen MR) is 125 cm³/mol. The first-order valence-corrected chi connectivity index (χ1v) is 10.8. The Morgan fingerprint density at radius 2 is 1.38 bits per heavy atom. The van der Waals surface area contributed by atoms with Gasteiger partial charge in [0.2, 0.25) is 5.91 Å². The van der Waals surface area contributed by atoms with Gasteiger partial charge in [0.1, 0.15) is 12.4 Å². The van der Waals surface area contributed by atoms with Crippen LogP contribution < -0.4 is 10.9 Å². The Labute approximate surface area is 187 Å². The van der Waals surface area contributed by atoms with Gasteiger partial charge in [0, 0.05) is 18.8 Å². The molecular weight excluding hydrogens is 400 g/mol. The number of hydrazine groups is 1. The van der Waals surface area contributed by atoms with Crippen LogP contribution in [0.3, 0.4) is 0 Å². The Hall–Kier alpha value is -3.93. The zero-order valence-corrected chi connectivity index (χ0v) is 18.0. The molecule has 0 saturated heterocycles. The van der Waals surface area contributed by atoms with Crippen molar-refractivity contribution in [2.75, 3.05) is 0 Å². The SMILES string of the molecule is CCc1nc2ccccc2n1CC(=O)NNC(=O)CC(c1ccccc1)c1ccccc1. The summed E-state index contributed by atoms with van der Waals surface area (Å²) in [6.45, 7) is 2.09. The first kappa shape index (κ1) is 21.3. The third-order valence-corrected chi connectivity index (χ3v) is 5.49. The van der Waals surface area contributed by atoms with Gasteiger partial charge in [-0.2, -0.15) is 0 Å². The highest BCUT2D eigenvalue weighted by Crippen LogP contribution is 2.27. The van der Waals surface area contributed by atoms with Crippen LogP contribution >= 0.6 is 0 Å². The van der Waals surface area contributed by atoms with E-state index in [1.54, 1.807) is 0 Å². The van der Waals surface area contributed by atoms with Gasteiger partial charge in [-0.1, -0.05) is 79.7 Å². The average molecular weight is 427 g/mol. The molecule has 0 atom stereocenters. The molecule has 32 heavy (non-hydrogen) atoms. The summed E-state index contributed by atoms with van der Waals surface area (Å²) < 4.78 is 1.88. The van der Waals surface area contributed by atoms with Crippen molar-refractivity contribution in [3.63, 3.8) is 0 Å². The van der Waals surface area contributed by atoms with Crippen molar-refractivity contribution in [3.05, 3.63) is 102 Å². The van der Waals surface area contributed by atoms with Gasteiger partial charge in [-0.05, 0) is 23.3 Å². The zero-order chi connectivity index (χ0) is 22.3. The van der Waals surface area contributed by atoms with E-state index in [-0.39, 0.29) is 30.7 Å². The smallest absolute Gasteiger partial charge is 0.258 e. The molecule has 162 valence electrons. The number of carbonyl (C=O) groups is 2. The number of rotatable bonds is 7. The van der Waals surface area contributed by atoms with Crippen molar-refractivity contribution in [3.8, 4) is 0 Å². The molecule has 1 heterocycles. The number of amides is 2. The standard InChI is InChI=1S/C26H26N4O2/c1-2-24-27-22-15-9-10-16-23(22)30(24)18-26(32)29-28-25(31)17-21(19-11-5-3-6-12-19)20-13-7-4-8-14-20/h3-16,21H,2,17-18H2,1H3,(H,28,31)(H,29,32). The number of para-hydroxylation sites is 2. The zero-order valence-electron chi connectivity index (χ0n) is 18.0. The van der Waals surface area contributed by atoms with Crippen molar-refractivity contribution in [2.24, 2.45) is 0 Å². The fraction of sp³-hybridized carbons (Fsp3) is 0.192. The number of nitrogens with one attached hydrogen (secondary N) is 2. The van der Waals surface area contributed by atoms with Gasteiger partial charge in [-0.25, -0.2) is 4.98 Å². The highest BCUT2D eigenvalue weighted by Gasteiger charge is 2.19. The Bertz CT molecular complexity index is 1160. The number of nitrogens with zero attached hydrogens (tertiary/aromatic N) is 2. The second kappa shape index (κ2) is 9.92. The lowest BCUT2D eigenvalue weighted by Gasteiger charge is -2.18. The van der Waals surface area contributed by atoms with E-state index in [9.17, 15) is 9.59 Å². The predicted octanol–water partition coefficient (Wildman–Crippen LogP) is 3.97. The molecule has 4 aromatic rings. The molecule has 0 spiro atoms. The Morgan fingerprint density at radius 3 is 2.00 bits per heavy atom. The van der Waals surface area contributed by atoms with Crippen LogP contribution in [-0.4, -0.2) is 21.4 Å². The normalized spacial score (nSPS) is 10.9. The van der Waals surface area contributed by atoms with E-state index < -0.39 is 0 Å². The van der Waals surface area contributed by atoms with E-state index in [4.69, 9.17) is 0 Å². The molecule has 0 bridgehead atoms. The van der Waals surface area contributed by atoms with E-state index in [0.29, 0.717) is 6.42 Å². The topological polar surface area (TPSA) is 76.0 Å². The Kier molecular flexibility index (Phi) is 6.60. The number of benzene rings is 3. The van der Waals surface area contributed by atoms with E-state index in [1.165, 1.54) is 0 Å². The fourth-order valence-corrected chi connectivity index (χ4v) is 3.93. The van der Waals surface area contributed by atoms with E-state index >= 15 is 0 Å². The van der Waals surface area contributed by atoms with Crippen molar-refractivity contribution < 1.29 is 9.59 Å². The van der Waals surface area contributed by atoms with Crippen LogP contribution in [0, 0.1) is 0 Å². The number of hydrogen-bond donors (Lipinski definition) is 2. The van der Waals surface area contributed by atoms with Crippen LogP contribution in [0.25, 0.3) is 11.0 Å². The average Bonchev–Trinajstić information content (AvgIpc) is 3.20. The maximum atomic E-state index is 12.7. The molecule has 2 amide bonds. The van der Waals surface area contributed by atoms with E-state index in [0.717, 1.165) is 28.0 Å². The molecule has 0 aliphatic heterocycles. The van der Waals surface area contributed by atoms with E-state index in [2.05, 4.69) is 15.8 Å². The lowest BCUT2D eigenvalue weighted by atomic mass is 9.88. The quantitative estimate of drug-likeness (QED) is 0.439. The summed E-state index contributed by atoms with van der Waals surface area (Å²) in [6.07, 6.45) is 0.937. The molecule has 0 aliphatic carbocycles. The maximum Gasteiger partial charge on any atom is 0.258 e. The fourth-order valence-electron chi connectivity index (χ4n) is 3.93. The van der Waals surface area contributed by atoms with Crippen molar-refractivity contribution in [1.82, 2.24) is 20.4 Å². The largest absolute Gasteiger partial charge is 0.318 e. The van der Waals surface area contributed by atoms with Gasteiger partial charge >= 0.3 is 0 Å². The Morgan fingerprint density at radius 1 is 0.812 bits per heavy atom. The van der Waals surface area contributed by atoms with Gasteiger partial charge in [-0.3, -0.25) is 20.4 Å². The Balaban J connectivity index is 1.41. The lowest BCUT2D eigenvalue weighted by Crippen LogP contribution is -2.43. The van der Waals surface area contributed by atoms with Crippen LogP contribution in [-0.2, 0) is 22.6 Å². The van der Waals surface area contributed by atoms with Crippen molar-refractivity contribution in [1.29, 1.82) is 0 Å². The van der Waals surface area contributed by atoms with Gasteiger partial charge in [-0.15, -0.1) is 0 Å². The first-order chi connectivity index (χ1) is 15.7. The van der Waals surface area contributed by atoms with Crippen LogP contribution in [0.4, 0.5) is 0 Å². The van der Waals surface area contributed by atoms with Crippen LogP contribution in [0.5, 0.6) is 0 Å². The molecular formula is C26H26N4O2. The summed E-state index contributed by atoms with van der Waals surface area (Å²) in [5, 5.41) is 0. The van der Waals surface area contributed by atoms with Gasteiger partial charge in [0.25, 0.3) is 5.91 Å². The third-order valence-electron chi connectivity index (χ3n) is 5.49. The number of fused-ring (bicyclic) bond motifs is 1. The first-order valence-electron chi connectivity index (χ1n) is 10.8. The third kappa shape index (κ3) is 4.86. The number of aromatic nitrogens is 2. The van der Waals surface area contributed by atoms with Crippen molar-refractivity contribution >= 4 is 22.8 Å². The maximum absolute atomic E-state index is 12.7. The molecule has 0 aliphatic rings. The summed E-state index contributed by atoms with van der Waals surface area (Å²) >= 11 is 0. The van der Waals surface area contributed by atoms with Crippen molar-refractivity contribution in [2.45, 2.75) is 32.2 Å². The molecule has 0 unspecified atom stereocenters. The van der Waals surface area contributed by atoms with Gasteiger partial charge < -0.3 is 4.57 Å². The van der Waals surface area contributed by atoms with Gasteiger partial charge in [0.05, 0.1) is 11.0 Å². The summed E-state index contributed by atoms with van der Waals surface area (Å²) in [5.74, 6) is 0.189. The minimum atomic E-state index is -0.299. The second-order valence-corrected chi connectivity index (χ2v) is 7.63. The molecule has 1 aromatic heterocycles. The molecule has 2 N–H and O–H groups in total. The van der Waals surface area contributed by atoms with Gasteiger partial charge in [0.15, 0.2) is 0 Å². The second-order valence-electron chi connectivity index (χ2n) is 7.63. The van der Waals surface area contributed by atoms with E-state index in [1.807, 2.05) is 96.4 Å². The molecule has 3 aromatic carbocycles. The number of imidazole rings is 1. The molecule has 4 rings (SSSR count). The number of carbonyl (C=O) groups excluding carboxylic acids is 2. The highest BCUT2D eigenvalue weighted by atomic mass is 16.2.